The van der Waals surface area contributed by atoms with Crippen LogP contribution in [0.2, 0.25) is 0 Å². The minimum Gasteiger partial charge on any atom is -0.507 e. The van der Waals surface area contributed by atoms with Crippen molar-refractivity contribution in [3.05, 3.63) is 77.4 Å². The van der Waals surface area contributed by atoms with Crippen LogP contribution in [-0.2, 0) is 16.1 Å². The van der Waals surface area contributed by atoms with Gasteiger partial charge in [-0.2, -0.15) is 0 Å². The second-order valence-corrected chi connectivity index (χ2v) is 11.3. The summed E-state index contributed by atoms with van der Waals surface area (Å²) in [4.78, 5) is 17.7. The molecular formula is C33H38N4O4. The highest BCUT2D eigenvalue weighted by atomic mass is 16.6. The van der Waals surface area contributed by atoms with Gasteiger partial charge in [0.2, 0.25) is 0 Å². The van der Waals surface area contributed by atoms with Gasteiger partial charge in [-0.15, -0.1) is 10.2 Å². The monoisotopic (exact) mass is 554 g/mol. The number of likely N-dealkylation sites (tertiary alicyclic amines) is 1. The molecule has 214 valence electrons. The van der Waals surface area contributed by atoms with Gasteiger partial charge in [0.1, 0.15) is 12.4 Å². The number of phenolic OH excluding ortho intramolecular Hbond substituents is 1. The molecular weight excluding hydrogens is 516 g/mol. The zero-order valence-corrected chi connectivity index (χ0v) is 23.7. The maximum atomic E-state index is 13.6. The molecule has 1 atom stereocenters. The Hall–Kier alpha value is -3.75. The first-order chi connectivity index (χ1) is 20.1. The van der Waals surface area contributed by atoms with Crippen molar-refractivity contribution < 1.29 is 19.4 Å². The molecule has 3 aliphatic rings. The number of allylic oxidation sites excluding steroid dienone is 2. The molecule has 0 radical (unpaired) electrons. The van der Waals surface area contributed by atoms with Gasteiger partial charge < -0.3 is 14.6 Å². The number of hydrogen-bond donors (Lipinski definition) is 1. The van der Waals surface area contributed by atoms with E-state index in [-0.39, 0.29) is 18.4 Å². The molecule has 8 nitrogen and oxygen atoms in total. The molecule has 1 aliphatic carbocycles. The molecule has 41 heavy (non-hydrogen) atoms. The van der Waals surface area contributed by atoms with Gasteiger partial charge >= 0.3 is 6.09 Å². The molecule has 0 bridgehead atoms. The van der Waals surface area contributed by atoms with E-state index in [4.69, 9.17) is 9.47 Å². The number of aryl methyl sites for hydroxylation is 1. The van der Waals surface area contributed by atoms with Crippen LogP contribution in [0.15, 0.2) is 60.7 Å². The summed E-state index contributed by atoms with van der Waals surface area (Å²) in [6.45, 7) is 5.32. The average molecular weight is 555 g/mol. The number of hydrogen-bond acceptors (Lipinski definition) is 7. The van der Waals surface area contributed by atoms with Crippen molar-refractivity contribution >= 4 is 17.5 Å². The third-order valence-corrected chi connectivity index (χ3v) is 8.46. The van der Waals surface area contributed by atoms with E-state index in [2.05, 4.69) is 27.2 Å². The number of rotatable bonds is 7. The van der Waals surface area contributed by atoms with Gasteiger partial charge in [0.05, 0.1) is 31.0 Å². The third kappa shape index (κ3) is 6.14. The fourth-order valence-corrected chi connectivity index (χ4v) is 6.07. The lowest BCUT2D eigenvalue weighted by Crippen LogP contribution is -2.57. The molecule has 0 spiro atoms. The molecule has 3 aromatic rings. The van der Waals surface area contributed by atoms with E-state index in [0.717, 1.165) is 68.7 Å². The number of anilines is 1. The summed E-state index contributed by atoms with van der Waals surface area (Å²) in [5.74, 6) is 0.647. The fraction of sp³-hybridized carbons (Fsp3) is 0.424. The maximum Gasteiger partial charge on any atom is 0.416 e. The van der Waals surface area contributed by atoms with E-state index in [0.29, 0.717) is 23.1 Å². The highest BCUT2D eigenvalue weighted by Crippen LogP contribution is 2.36. The van der Waals surface area contributed by atoms with Crippen LogP contribution in [0, 0.1) is 6.92 Å². The average Bonchev–Trinajstić information content (AvgIpc) is 2.97. The first-order valence-electron chi connectivity index (χ1n) is 14.8. The molecule has 2 fully saturated rings. The number of carbonyl (C=O) groups excluding carboxylic acids is 1. The number of benzene rings is 2. The second-order valence-electron chi connectivity index (χ2n) is 11.3. The SMILES string of the molecule is Cc1cc(N(C(=O)OCc2ccccc2)[C@@H]2CCCN(C3COC3)C2)nnc1-c1ccc(C2=CCCCC2)cc1O. The molecule has 1 amide bonds. The Morgan fingerprint density at radius 3 is 2.66 bits per heavy atom. The van der Waals surface area contributed by atoms with Gasteiger partial charge in [-0.05, 0) is 92.5 Å². The smallest absolute Gasteiger partial charge is 0.416 e. The number of piperidine rings is 1. The lowest BCUT2D eigenvalue weighted by Gasteiger charge is -2.44. The van der Waals surface area contributed by atoms with Crippen molar-refractivity contribution in [3.8, 4) is 17.0 Å². The Morgan fingerprint density at radius 1 is 1.10 bits per heavy atom. The number of carbonyl (C=O) groups is 1. The number of amides is 1. The molecule has 6 rings (SSSR count). The Labute approximate surface area is 241 Å². The normalized spacial score (nSPS) is 19.7. The molecule has 1 aromatic heterocycles. The summed E-state index contributed by atoms with van der Waals surface area (Å²) in [5.41, 5.74) is 5.34. The fourth-order valence-electron chi connectivity index (χ4n) is 6.07. The van der Waals surface area contributed by atoms with Crippen LogP contribution in [0.25, 0.3) is 16.8 Å². The van der Waals surface area contributed by atoms with E-state index >= 15 is 0 Å². The minimum absolute atomic E-state index is 0.0939. The van der Waals surface area contributed by atoms with Crippen molar-refractivity contribution in [2.45, 2.75) is 64.1 Å². The molecule has 2 aliphatic heterocycles. The van der Waals surface area contributed by atoms with E-state index in [1.54, 1.807) is 4.90 Å². The van der Waals surface area contributed by atoms with Crippen LogP contribution in [0.3, 0.4) is 0 Å². The predicted octanol–water partition coefficient (Wildman–Crippen LogP) is 6.12. The van der Waals surface area contributed by atoms with Crippen LogP contribution >= 0.6 is 0 Å². The number of aromatic hydroxyl groups is 1. The first-order valence-corrected chi connectivity index (χ1v) is 14.8. The van der Waals surface area contributed by atoms with E-state index < -0.39 is 6.09 Å². The lowest BCUT2D eigenvalue weighted by atomic mass is 9.92. The van der Waals surface area contributed by atoms with Crippen LogP contribution in [0.5, 0.6) is 5.75 Å². The maximum absolute atomic E-state index is 13.6. The highest BCUT2D eigenvalue weighted by Gasteiger charge is 2.36. The molecule has 2 saturated heterocycles. The van der Waals surface area contributed by atoms with E-state index in [9.17, 15) is 9.90 Å². The molecule has 0 unspecified atom stereocenters. The number of nitrogens with zero attached hydrogens (tertiary/aromatic N) is 4. The standard InChI is InChI=1S/C33H38N4O4/c1-23-17-31(34-35-32(23)29-15-14-26(18-30(29)38)25-11-6-3-7-12-25)37(33(39)41-20-24-9-4-2-5-10-24)27-13-8-16-36(19-27)28-21-40-22-28/h2,4-5,9-11,14-15,17-18,27-28,38H,3,6-8,12-13,16,19-22H2,1H3/t27-/m1/s1. The Balaban J connectivity index is 1.26. The Kier molecular flexibility index (Phi) is 8.30. The first kappa shape index (κ1) is 27.4. The van der Waals surface area contributed by atoms with Gasteiger partial charge in [0, 0.05) is 12.1 Å². The number of ether oxygens (including phenoxy) is 2. The summed E-state index contributed by atoms with van der Waals surface area (Å²) >= 11 is 0. The third-order valence-electron chi connectivity index (χ3n) is 8.46. The van der Waals surface area contributed by atoms with Crippen molar-refractivity contribution in [3.63, 3.8) is 0 Å². The van der Waals surface area contributed by atoms with Crippen LogP contribution in [-0.4, -0.2) is 64.7 Å². The van der Waals surface area contributed by atoms with Gasteiger partial charge in [0.15, 0.2) is 5.82 Å². The lowest BCUT2D eigenvalue weighted by molar-refractivity contribution is -0.0719. The van der Waals surface area contributed by atoms with Crippen molar-refractivity contribution in [2.75, 3.05) is 31.2 Å². The van der Waals surface area contributed by atoms with Crippen LogP contribution in [0.4, 0.5) is 10.6 Å². The zero-order valence-electron chi connectivity index (χ0n) is 23.7. The zero-order chi connectivity index (χ0) is 28.2. The molecule has 8 heteroatoms. The molecule has 3 heterocycles. The van der Waals surface area contributed by atoms with E-state index in [1.165, 1.54) is 18.4 Å². The Bertz CT molecular complexity index is 1410. The van der Waals surface area contributed by atoms with Crippen LogP contribution < -0.4 is 4.90 Å². The van der Waals surface area contributed by atoms with Crippen molar-refractivity contribution in [2.24, 2.45) is 0 Å². The van der Waals surface area contributed by atoms with Gasteiger partial charge in [-0.1, -0.05) is 42.5 Å². The van der Waals surface area contributed by atoms with Crippen molar-refractivity contribution in [1.29, 1.82) is 0 Å². The topological polar surface area (TPSA) is 88.0 Å². The molecule has 0 saturated carbocycles. The molecule has 1 N–H and O–H groups in total. The highest BCUT2D eigenvalue weighted by molar-refractivity contribution is 5.87. The minimum atomic E-state index is -0.431. The molecule has 2 aromatic carbocycles. The van der Waals surface area contributed by atoms with Crippen molar-refractivity contribution in [1.82, 2.24) is 15.1 Å². The summed E-state index contributed by atoms with van der Waals surface area (Å²) < 4.78 is 11.2. The summed E-state index contributed by atoms with van der Waals surface area (Å²) in [5, 5.41) is 20.0. The Morgan fingerprint density at radius 2 is 1.95 bits per heavy atom. The summed E-state index contributed by atoms with van der Waals surface area (Å²) in [7, 11) is 0. The van der Waals surface area contributed by atoms with E-state index in [1.807, 2.05) is 55.5 Å². The second kappa shape index (κ2) is 12.4. The number of phenols is 1. The summed E-state index contributed by atoms with van der Waals surface area (Å²) in [6.07, 6.45) is 8.19. The van der Waals surface area contributed by atoms with Gasteiger partial charge in [-0.3, -0.25) is 9.80 Å². The van der Waals surface area contributed by atoms with Gasteiger partial charge in [-0.25, -0.2) is 4.79 Å². The van der Waals surface area contributed by atoms with Gasteiger partial charge in [0.25, 0.3) is 0 Å². The largest absolute Gasteiger partial charge is 0.507 e. The summed E-state index contributed by atoms with van der Waals surface area (Å²) in [6, 6.07) is 17.7. The quantitative estimate of drug-likeness (QED) is 0.376. The van der Waals surface area contributed by atoms with Crippen LogP contribution in [0.1, 0.15) is 55.2 Å². The predicted molar refractivity (Wildman–Crippen MR) is 159 cm³/mol. The number of aromatic nitrogens is 2.